The highest BCUT2D eigenvalue weighted by Crippen LogP contribution is 2.29. The summed E-state index contributed by atoms with van der Waals surface area (Å²) in [6.45, 7) is 2.16. The van der Waals surface area contributed by atoms with Gasteiger partial charge in [-0.1, -0.05) is 0 Å². The van der Waals surface area contributed by atoms with Gasteiger partial charge in [0.1, 0.15) is 0 Å². The minimum atomic E-state index is -4.57. The summed E-state index contributed by atoms with van der Waals surface area (Å²) in [6.07, 6.45) is -2.84. The fraction of sp³-hybridized carbons (Fsp3) is 0.533. The lowest BCUT2D eigenvalue weighted by atomic mass is 10.2. The number of nitrogens with zero attached hydrogens (tertiary/aromatic N) is 5. The number of halogens is 3. The van der Waals surface area contributed by atoms with Gasteiger partial charge in [0, 0.05) is 44.4 Å². The van der Waals surface area contributed by atoms with Crippen molar-refractivity contribution in [2.45, 2.75) is 45.2 Å². The number of fused-ring (bicyclic) bond motifs is 1. The third kappa shape index (κ3) is 3.66. The van der Waals surface area contributed by atoms with Crippen molar-refractivity contribution >= 4 is 5.91 Å². The second kappa shape index (κ2) is 6.63. The van der Waals surface area contributed by atoms with Gasteiger partial charge in [0.15, 0.2) is 11.7 Å². The Hall–Kier alpha value is -2.56. The quantitative estimate of drug-likeness (QED) is 0.829. The first kappa shape index (κ1) is 18.2. The molecule has 3 heterocycles. The van der Waals surface area contributed by atoms with Crippen LogP contribution >= 0.6 is 0 Å². The van der Waals surface area contributed by atoms with Crippen molar-refractivity contribution in [3.05, 3.63) is 29.5 Å². The number of rotatable bonds is 4. The maximum Gasteiger partial charge on any atom is 0.451 e. The molecule has 8 nitrogen and oxygen atoms in total. The molecule has 142 valence electrons. The summed E-state index contributed by atoms with van der Waals surface area (Å²) < 4.78 is 41.0. The second-order valence-electron chi connectivity index (χ2n) is 6.40. The van der Waals surface area contributed by atoms with Crippen LogP contribution in [0.2, 0.25) is 0 Å². The van der Waals surface area contributed by atoms with E-state index < -0.39 is 18.0 Å². The smallest absolute Gasteiger partial charge is 0.451 e. The molecule has 2 aromatic rings. The number of aryl methyl sites for hydroxylation is 1. The third-order valence-electron chi connectivity index (χ3n) is 4.24. The first-order valence-electron chi connectivity index (χ1n) is 8.03. The van der Waals surface area contributed by atoms with E-state index in [0.29, 0.717) is 0 Å². The van der Waals surface area contributed by atoms with Crippen molar-refractivity contribution in [2.24, 2.45) is 5.73 Å². The van der Waals surface area contributed by atoms with Crippen LogP contribution in [0.4, 0.5) is 13.2 Å². The fourth-order valence-electron chi connectivity index (χ4n) is 3.03. The van der Waals surface area contributed by atoms with Gasteiger partial charge in [-0.15, -0.1) is 10.2 Å². The minimum Gasteiger partial charge on any atom is -0.494 e. The molecular formula is C15H19F3N6O2. The number of aromatic hydroxyl groups is 1. The van der Waals surface area contributed by atoms with Crippen molar-refractivity contribution in [3.8, 4) is 5.88 Å². The van der Waals surface area contributed by atoms with Crippen LogP contribution < -0.4 is 5.73 Å². The highest BCUT2D eigenvalue weighted by Gasteiger charge is 2.39. The molecule has 0 radical (unpaired) electrons. The molecule has 26 heavy (non-hydrogen) atoms. The van der Waals surface area contributed by atoms with E-state index in [1.165, 1.54) is 4.90 Å². The molecule has 2 aromatic heterocycles. The standard InChI is InChI=1S/C15H19F3N6O2/c1-9-4-12(25)23(6-9)7-10(19)5-13(26)22-2-3-24-11(8-22)20-21-14(24)15(16,17)18/h4,6,10,25H,2-3,5,7-8,19H2,1H3/t10-/m0/s1. The molecule has 0 saturated heterocycles. The van der Waals surface area contributed by atoms with Crippen molar-refractivity contribution < 1.29 is 23.1 Å². The van der Waals surface area contributed by atoms with Crippen LogP contribution in [0.5, 0.6) is 5.88 Å². The predicted molar refractivity (Wildman–Crippen MR) is 83.9 cm³/mol. The zero-order valence-corrected chi connectivity index (χ0v) is 14.1. The van der Waals surface area contributed by atoms with Crippen LogP contribution in [0.25, 0.3) is 0 Å². The summed E-state index contributed by atoms with van der Waals surface area (Å²) in [4.78, 5) is 13.8. The normalized spacial score (nSPS) is 15.8. The van der Waals surface area contributed by atoms with Crippen LogP contribution in [0.3, 0.4) is 0 Å². The highest BCUT2D eigenvalue weighted by atomic mass is 19.4. The van der Waals surface area contributed by atoms with Gasteiger partial charge in [-0.3, -0.25) is 4.79 Å². The summed E-state index contributed by atoms with van der Waals surface area (Å²) in [7, 11) is 0. The van der Waals surface area contributed by atoms with Crippen molar-refractivity contribution in [1.82, 2.24) is 24.2 Å². The third-order valence-corrected chi connectivity index (χ3v) is 4.24. The lowest BCUT2D eigenvalue weighted by molar-refractivity contribution is -0.148. The number of hydrogen-bond donors (Lipinski definition) is 2. The zero-order chi connectivity index (χ0) is 19.1. The van der Waals surface area contributed by atoms with Gasteiger partial charge in [-0.2, -0.15) is 13.2 Å². The molecule has 0 aromatic carbocycles. The molecular weight excluding hydrogens is 353 g/mol. The minimum absolute atomic E-state index is 0.0108. The Balaban J connectivity index is 1.61. The van der Waals surface area contributed by atoms with Crippen molar-refractivity contribution in [2.75, 3.05) is 6.54 Å². The van der Waals surface area contributed by atoms with E-state index in [0.717, 1.165) is 10.1 Å². The van der Waals surface area contributed by atoms with Gasteiger partial charge >= 0.3 is 6.18 Å². The van der Waals surface area contributed by atoms with E-state index in [1.54, 1.807) is 16.8 Å². The molecule has 1 amide bonds. The Morgan fingerprint density at radius 2 is 2.12 bits per heavy atom. The number of carbonyl (C=O) groups is 1. The van der Waals surface area contributed by atoms with Crippen LogP contribution in [0, 0.1) is 6.92 Å². The average molecular weight is 372 g/mol. The van der Waals surface area contributed by atoms with Crippen LogP contribution in [0.15, 0.2) is 12.3 Å². The maximum absolute atomic E-state index is 12.8. The summed E-state index contributed by atoms with van der Waals surface area (Å²) >= 11 is 0. The molecule has 1 aliphatic rings. The number of alkyl halides is 3. The van der Waals surface area contributed by atoms with Gasteiger partial charge in [0.25, 0.3) is 0 Å². The number of amides is 1. The topological polar surface area (TPSA) is 102 Å². The first-order chi connectivity index (χ1) is 12.1. The summed E-state index contributed by atoms with van der Waals surface area (Å²) in [5.41, 5.74) is 6.86. The fourth-order valence-corrected chi connectivity index (χ4v) is 3.03. The molecule has 1 aliphatic heterocycles. The van der Waals surface area contributed by atoms with Crippen LogP contribution in [-0.4, -0.2) is 47.8 Å². The van der Waals surface area contributed by atoms with E-state index in [1.807, 2.05) is 6.92 Å². The van der Waals surface area contributed by atoms with Crippen LogP contribution in [0.1, 0.15) is 23.6 Å². The number of carbonyl (C=O) groups excluding carboxylic acids is 1. The average Bonchev–Trinajstić information content (AvgIpc) is 3.09. The number of nitrogens with two attached hydrogens (primary N) is 1. The van der Waals surface area contributed by atoms with Crippen LogP contribution in [-0.2, 0) is 30.6 Å². The van der Waals surface area contributed by atoms with Gasteiger partial charge in [-0.05, 0) is 12.5 Å². The Morgan fingerprint density at radius 1 is 1.38 bits per heavy atom. The Morgan fingerprint density at radius 3 is 2.73 bits per heavy atom. The lowest BCUT2D eigenvalue weighted by Crippen LogP contribution is -2.42. The SMILES string of the molecule is Cc1cc(O)n(C[C@@H](N)CC(=O)N2CCn3c(nnc3C(F)(F)F)C2)c1. The maximum atomic E-state index is 12.8. The molecule has 0 bridgehead atoms. The predicted octanol–water partition coefficient (Wildman–Crippen LogP) is 0.872. The Labute approximate surface area is 147 Å². The highest BCUT2D eigenvalue weighted by molar-refractivity contribution is 5.76. The summed E-state index contributed by atoms with van der Waals surface area (Å²) in [6, 6.07) is 1.05. The molecule has 3 rings (SSSR count). The molecule has 0 aliphatic carbocycles. The van der Waals surface area contributed by atoms with Gasteiger partial charge in [0.05, 0.1) is 6.54 Å². The molecule has 0 fully saturated rings. The molecule has 0 saturated carbocycles. The van der Waals surface area contributed by atoms with E-state index >= 15 is 0 Å². The van der Waals surface area contributed by atoms with Crippen molar-refractivity contribution in [1.29, 1.82) is 0 Å². The van der Waals surface area contributed by atoms with E-state index in [4.69, 9.17) is 5.73 Å². The summed E-state index contributed by atoms with van der Waals surface area (Å²) in [5, 5.41) is 16.5. The van der Waals surface area contributed by atoms with E-state index in [9.17, 15) is 23.1 Å². The van der Waals surface area contributed by atoms with Gasteiger partial charge < -0.3 is 24.9 Å². The largest absolute Gasteiger partial charge is 0.494 e. The first-order valence-corrected chi connectivity index (χ1v) is 8.03. The number of hydrogen-bond acceptors (Lipinski definition) is 5. The van der Waals surface area contributed by atoms with Gasteiger partial charge in [0.2, 0.25) is 11.7 Å². The zero-order valence-electron chi connectivity index (χ0n) is 14.1. The molecule has 0 spiro atoms. The lowest BCUT2D eigenvalue weighted by Gasteiger charge is -2.29. The molecule has 0 unspecified atom stereocenters. The second-order valence-corrected chi connectivity index (χ2v) is 6.40. The molecule has 1 atom stereocenters. The Kier molecular flexibility index (Phi) is 4.65. The van der Waals surface area contributed by atoms with E-state index in [2.05, 4.69) is 10.2 Å². The monoisotopic (exact) mass is 372 g/mol. The molecule has 11 heteroatoms. The van der Waals surface area contributed by atoms with Crippen molar-refractivity contribution in [3.63, 3.8) is 0 Å². The molecule has 3 N–H and O–H groups in total. The Bertz CT molecular complexity index is 813. The summed E-state index contributed by atoms with van der Waals surface area (Å²) in [5.74, 6) is -1.15. The number of aromatic nitrogens is 4. The van der Waals surface area contributed by atoms with Gasteiger partial charge in [-0.25, -0.2) is 0 Å². The van der Waals surface area contributed by atoms with E-state index in [-0.39, 0.29) is 50.2 Å².